The predicted molar refractivity (Wildman–Crippen MR) is 57.9 cm³/mol. The Kier molecular flexibility index (Phi) is 2.78. The molecule has 0 radical (unpaired) electrons. The molecule has 4 heteroatoms. The molecule has 1 unspecified atom stereocenters. The summed E-state index contributed by atoms with van der Waals surface area (Å²) < 4.78 is 5.83. The Morgan fingerprint density at radius 2 is 2.20 bits per heavy atom. The van der Waals surface area contributed by atoms with Crippen LogP contribution in [-0.2, 0) is 9.53 Å². The lowest BCUT2D eigenvalue weighted by Crippen LogP contribution is -2.46. The Morgan fingerprint density at radius 1 is 1.53 bits per heavy atom. The molecule has 1 heterocycles. The second-order valence-corrected chi connectivity index (χ2v) is 4.28. The van der Waals surface area contributed by atoms with E-state index in [1.165, 1.54) is 0 Å². The fourth-order valence-corrected chi connectivity index (χ4v) is 2.41. The van der Waals surface area contributed by atoms with Gasteiger partial charge in [0.1, 0.15) is 17.5 Å². The normalized spacial score (nSPS) is 29.1. The maximum Gasteiger partial charge on any atom is 0.249 e. The van der Waals surface area contributed by atoms with Gasteiger partial charge in [-0.2, -0.15) is 0 Å². The first-order chi connectivity index (χ1) is 7.18. The molecule has 0 spiro atoms. The van der Waals surface area contributed by atoms with Crippen LogP contribution in [0.3, 0.4) is 0 Å². The second-order valence-electron chi connectivity index (χ2n) is 4.28. The van der Waals surface area contributed by atoms with Crippen molar-refractivity contribution < 1.29 is 9.53 Å². The molecule has 15 heavy (non-hydrogen) atoms. The highest BCUT2D eigenvalue weighted by Crippen LogP contribution is 2.35. The smallest absolute Gasteiger partial charge is 0.249 e. The molecule has 84 valence electrons. The number of nitrogens with zero attached hydrogens (tertiary/aromatic N) is 1. The van der Waals surface area contributed by atoms with Gasteiger partial charge in [-0.1, -0.05) is 0 Å². The Labute approximate surface area is 90.1 Å². The minimum atomic E-state index is -0.296. The SMILES string of the molecule is CCOC1(C2=NC(C)C(=O)N2)CCCC1. The van der Waals surface area contributed by atoms with E-state index in [2.05, 4.69) is 10.3 Å². The van der Waals surface area contributed by atoms with Gasteiger partial charge in [0.25, 0.3) is 0 Å². The zero-order valence-corrected chi connectivity index (χ0v) is 9.38. The van der Waals surface area contributed by atoms with E-state index in [-0.39, 0.29) is 17.6 Å². The minimum Gasteiger partial charge on any atom is -0.367 e. The number of ether oxygens (including phenoxy) is 1. The summed E-state index contributed by atoms with van der Waals surface area (Å²) in [6.07, 6.45) is 4.27. The quantitative estimate of drug-likeness (QED) is 0.762. The Morgan fingerprint density at radius 3 is 2.67 bits per heavy atom. The van der Waals surface area contributed by atoms with Crippen molar-refractivity contribution in [2.24, 2.45) is 4.99 Å². The highest BCUT2D eigenvalue weighted by molar-refractivity contribution is 6.09. The van der Waals surface area contributed by atoms with Crippen LogP contribution in [-0.4, -0.2) is 30.0 Å². The fraction of sp³-hybridized carbons (Fsp3) is 0.818. The number of hydrogen-bond acceptors (Lipinski definition) is 3. The molecule has 1 saturated carbocycles. The van der Waals surface area contributed by atoms with E-state index in [0.717, 1.165) is 31.5 Å². The van der Waals surface area contributed by atoms with Gasteiger partial charge >= 0.3 is 0 Å². The zero-order chi connectivity index (χ0) is 10.9. The summed E-state index contributed by atoms with van der Waals surface area (Å²) in [4.78, 5) is 15.8. The molecule has 0 aromatic heterocycles. The molecular weight excluding hydrogens is 192 g/mol. The number of carbonyl (C=O) groups excluding carboxylic acids is 1. The number of nitrogens with one attached hydrogen (secondary N) is 1. The van der Waals surface area contributed by atoms with Gasteiger partial charge in [0.2, 0.25) is 5.91 Å². The van der Waals surface area contributed by atoms with Crippen LogP contribution in [0.5, 0.6) is 0 Å². The Hall–Kier alpha value is -0.900. The number of amidine groups is 1. The van der Waals surface area contributed by atoms with Crippen LogP contribution >= 0.6 is 0 Å². The first kappa shape index (κ1) is 10.6. The van der Waals surface area contributed by atoms with Gasteiger partial charge in [-0.05, 0) is 39.5 Å². The summed E-state index contributed by atoms with van der Waals surface area (Å²) in [7, 11) is 0. The number of rotatable bonds is 3. The van der Waals surface area contributed by atoms with Crippen molar-refractivity contribution in [2.45, 2.75) is 51.2 Å². The van der Waals surface area contributed by atoms with Crippen LogP contribution in [0.1, 0.15) is 39.5 Å². The average Bonchev–Trinajstić information content (AvgIpc) is 2.77. The van der Waals surface area contributed by atoms with Crippen LogP contribution in [0, 0.1) is 0 Å². The third-order valence-electron chi connectivity index (χ3n) is 3.21. The van der Waals surface area contributed by atoms with Gasteiger partial charge in [0.15, 0.2) is 0 Å². The number of amides is 1. The predicted octanol–water partition coefficient (Wildman–Crippen LogP) is 1.25. The lowest BCUT2D eigenvalue weighted by atomic mass is 10.0. The van der Waals surface area contributed by atoms with Gasteiger partial charge in [0.05, 0.1) is 0 Å². The maximum absolute atomic E-state index is 11.4. The molecular formula is C11H18N2O2. The third-order valence-corrected chi connectivity index (χ3v) is 3.21. The van der Waals surface area contributed by atoms with Crippen molar-refractivity contribution in [3.8, 4) is 0 Å². The lowest BCUT2D eigenvalue weighted by molar-refractivity contribution is -0.119. The van der Waals surface area contributed by atoms with Crippen LogP contribution in [0.15, 0.2) is 4.99 Å². The van der Waals surface area contributed by atoms with E-state index in [1.54, 1.807) is 0 Å². The largest absolute Gasteiger partial charge is 0.367 e. The molecule has 0 aromatic carbocycles. The third kappa shape index (κ3) is 1.78. The molecule has 0 saturated heterocycles. The monoisotopic (exact) mass is 210 g/mol. The van der Waals surface area contributed by atoms with E-state index in [4.69, 9.17) is 4.74 Å². The molecule has 1 N–H and O–H groups in total. The molecule has 1 aliphatic carbocycles. The van der Waals surface area contributed by atoms with Gasteiger partial charge < -0.3 is 10.1 Å². The van der Waals surface area contributed by atoms with Crippen LogP contribution in [0.25, 0.3) is 0 Å². The van der Waals surface area contributed by atoms with Gasteiger partial charge in [-0.15, -0.1) is 0 Å². The highest BCUT2D eigenvalue weighted by atomic mass is 16.5. The average molecular weight is 210 g/mol. The summed E-state index contributed by atoms with van der Waals surface area (Å²) in [5.41, 5.74) is -0.296. The molecule has 1 fully saturated rings. The molecule has 1 atom stereocenters. The number of hydrogen-bond donors (Lipinski definition) is 1. The van der Waals surface area contributed by atoms with Gasteiger partial charge in [0, 0.05) is 6.61 Å². The first-order valence-electron chi connectivity index (χ1n) is 5.71. The molecule has 2 aliphatic rings. The molecule has 2 rings (SSSR count). The minimum absolute atomic E-state index is 0.00372. The van der Waals surface area contributed by atoms with Gasteiger partial charge in [-0.25, -0.2) is 0 Å². The van der Waals surface area contributed by atoms with Crippen molar-refractivity contribution in [1.82, 2.24) is 5.32 Å². The molecule has 1 amide bonds. The first-order valence-corrected chi connectivity index (χ1v) is 5.71. The topological polar surface area (TPSA) is 50.7 Å². The van der Waals surface area contributed by atoms with E-state index >= 15 is 0 Å². The molecule has 4 nitrogen and oxygen atoms in total. The molecule has 1 aliphatic heterocycles. The summed E-state index contributed by atoms with van der Waals surface area (Å²) in [5.74, 6) is 0.760. The van der Waals surface area contributed by atoms with Crippen molar-refractivity contribution in [3.05, 3.63) is 0 Å². The van der Waals surface area contributed by atoms with Crippen molar-refractivity contribution in [3.63, 3.8) is 0 Å². The second kappa shape index (κ2) is 3.93. The van der Waals surface area contributed by atoms with E-state index in [9.17, 15) is 4.79 Å². The van der Waals surface area contributed by atoms with Crippen molar-refractivity contribution in [2.75, 3.05) is 6.61 Å². The van der Waals surface area contributed by atoms with Crippen LogP contribution in [0.4, 0.5) is 0 Å². The van der Waals surface area contributed by atoms with E-state index in [0.29, 0.717) is 6.61 Å². The molecule has 0 bridgehead atoms. The van der Waals surface area contributed by atoms with Crippen molar-refractivity contribution >= 4 is 11.7 Å². The van der Waals surface area contributed by atoms with E-state index < -0.39 is 0 Å². The highest BCUT2D eigenvalue weighted by Gasteiger charge is 2.43. The summed E-state index contributed by atoms with van der Waals surface area (Å²) >= 11 is 0. The fourth-order valence-electron chi connectivity index (χ4n) is 2.41. The summed E-state index contributed by atoms with van der Waals surface area (Å²) in [6.45, 7) is 4.47. The summed E-state index contributed by atoms with van der Waals surface area (Å²) in [6, 6.07) is -0.252. The Bertz CT molecular complexity index is 293. The lowest BCUT2D eigenvalue weighted by Gasteiger charge is -2.28. The number of carbonyl (C=O) groups is 1. The molecule has 0 aromatic rings. The number of aliphatic imine (C=N–C) groups is 1. The summed E-state index contributed by atoms with van der Waals surface area (Å²) in [5, 5.41) is 2.86. The van der Waals surface area contributed by atoms with E-state index in [1.807, 2.05) is 13.8 Å². The van der Waals surface area contributed by atoms with Gasteiger partial charge in [-0.3, -0.25) is 9.79 Å². The van der Waals surface area contributed by atoms with Crippen LogP contribution in [0.2, 0.25) is 0 Å². The zero-order valence-electron chi connectivity index (χ0n) is 9.38. The maximum atomic E-state index is 11.4. The van der Waals surface area contributed by atoms with Crippen molar-refractivity contribution in [1.29, 1.82) is 0 Å². The standard InChI is InChI=1S/C11H18N2O2/c1-3-15-11(6-4-5-7-11)10-12-8(2)9(14)13-10/h8H,3-7H2,1-2H3,(H,12,13,14). The Balaban J connectivity index is 2.19. The van der Waals surface area contributed by atoms with Crippen LogP contribution < -0.4 is 5.32 Å².